The molecule has 0 N–H and O–H groups in total. The van der Waals surface area contributed by atoms with Crippen molar-refractivity contribution < 1.29 is 0 Å². The minimum atomic E-state index is 0.456. The summed E-state index contributed by atoms with van der Waals surface area (Å²) in [4.78, 5) is 6.56. The summed E-state index contributed by atoms with van der Waals surface area (Å²) in [5.74, 6) is 1.68. The van der Waals surface area contributed by atoms with Crippen LogP contribution in [0.15, 0.2) is 36.4 Å². The fraction of sp³-hybridized carbons (Fsp3) is 0.312. The average molecular weight is 279 g/mol. The van der Waals surface area contributed by atoms with Gasteiger partial charge in [-0.3, -0.25) is 0 Å². The van der Waals surface area contributed by atoms with Crippen molar-refractivity contribution in [2.75, 3.05) is 11.9 Å². The molecule has 1 aliphatic carbocycles. The SMILES string of the molecule is Cc1nc2ccc(N(C)C3Cc4ccccc4C3)nn2n1. The summed E-state index contributed by atoms with van der Waals surface area (Å²) >= 11 is 0. The van der Waals surface area contributed by atoms with Gasteiger partial charge >= 0.3 is 0 Å². The van der Waals surface area contributed by atoms with E-state index in [2.05, 4.69) is 51.4 Å². The van der Waals surface area contributed by atoms with Gasteiger partial charge < -0.3 is 4.90 Å². The van der Waals surface area contributed by atoms with Crippen molar-refractivity contribution in [1.82, 2.24) is 19.8 Å². The van der Waals surface area contributed by atoms with Gasteiger partial charge in [-0.2, -0.15) is 0 Å². The monoisotopic (exact) mass is 279 g/mol. The van der Waals surface area contributed by atoms with Gasteiger partial charge in [0, 0.05) is 13.1 Å². The summed E-state index contributed by atoms with van der Waals surface area (Å²) in [5, 5.41) is 8.86. The van der Waals surface area contributed by atoms with Crippen molar-refractivity contribution in [3.05, 3.63) is 53.3 Å². The molecule has 0 bridgehead atoms. The van der Waals surface area contributed by atoms with E-state index in [1.807, 2.05) is 19.1 Å². The molecular weight excluding hydrogens is 262 g/mol. The minimum absolute atomic E-state index is 0.456. The lowest BCUT2D eigenvalue weighted by Crippen LogP contribution is -2.33. The number of benzene rings is 1. The molecule has 5 nitrogen and oxygen atoms in total. The molecule has 0 saturated carbocycles. The molecule has 106 valence electrons. The lowest BCUT2D eigenvalue weighted by Gasteiger charge is -2.25. The van der Waals surface area contributed by atoms with Gasteiger partial charge in [0.05, 0.1) is 0 Å². The third-order valence-electron chi connectivity index (χ3n) is 4.24. The van der Waals surface area contributed by atoms with Crippen molar-refractivity contribution in [3.63, 3.8) is 0 Å². The maximum absolute atomic E-state index is 4.57. The number of aryl methyl sites for hydroxylation is 1. The van der Waals surface area contributed by atoms with Gasteiger partial charge in [-0.25, -0.2) is 4.98 Å². The van der Waals surface area contributed by atoms with Crippen LogP contribution in [0.3, 0.4) is 0 Å². The molecule has 0 unspecified atom stereocenters. The van der Waals surface area contributed by atoms with E-state index in [1.165, 1.54) is 11.1 Å². The second kappa shape index (κ2) is 4.55. The number of aromatic nitrogens is 4. The summed E-state index contributed by atoms with van der Waals surface area (Å²) in [6.07, 6.45) is 2.14. The Bertz CT molecular complexity index is 782. The van der Waals surface area contributed by atoms with Crippen LogP contribution in [-0.4, -0.2) is 32.9 Å². The van der Waals surface area contributed by atoms with Crippen LogP contribution < -0.4 is 4.90 Å². The Labute approximate surface area is 123 Å². The summed E-state index contributed by atoms with van der Waals surface area (Å²) in [6, 6.07) is 13.1. The van der Waals surface area contributed by atoms with E-state index < -0.39 is 0 Å². The molecular formula is C16H17N5. The molecule has 21 heavy (non-hydrogen) atoms. The second-order valence-electron chi connectivity index (χ2n) is 5.64. The number of hydrogen-bond donors (Lipinski definition) is 0. The maximum Gasteiger partial charge on any atom is 0.176 e. The first kappa shape index (κ1) is 12.3. The molecule has 0 fully saturated rings. The van der Waals surface area contributed by atoms with Crippen molar-refractivity contribution in [2.45, 2.75) is 25.8 Å². The molecule has 0 spiro atoms. The third kappa shape index (κ3) is 2.05. The highest BCUT2D eigenvalue weighted by molar-refractivity contribution is 5.47. The number of nitrogens with zero attached hydrogens (tertiary/aromatic N) is 5. The second-order valence-corrected chi connectivity index (χ2v) is 5.64. The van der Waals surface area contributed by atoms with Crippen LogP contribution in [0.4, 0.5) is 5.82 Å². The predicted octanol–water partition coefficient (Wildman–Crippen LogP) is 2.04. The fourth-order valence-corrected chi connectivity index (χ4v) is 3.06. The number of fused-ring (bicyclic) bond motifs is 2. The molecule has 3 aromatic rings. The smallest absolute Gasteiger partial charge is 0.176 e. The Hall–Kier alpha value is -2.43. The third-order valence-corrected chi connectivity index (χ3v) is 4.24. The van der Waals surface area contributed by atoms with E-state index >= 15 is 0 Å². The molecule has 5 heteroatoms. The Balaban J connectivity index is 1.63. The molecule has 1 aromatic carbocycles. The van der Waals surface area contributed by atoms with Crippen LogP contribution in [0.5, 0.6) is 0 Å². The van der Waals surface area contributed by atoms with Crippen LogP contribution in [-0.2, 0) is 12.8 Å². The zero-order valence-corrected chi connectivity index (χ0v) is 12.2. The summed E-state index contributed by atoms with van der Waals surface area (Å²) < 4.78 is 1.61. The maximum atomic E-state index is 4.57. The van der Waals surface area contributed by atoms with Crippen LogP contribution >= 0.6 is 0 Å². The van der Waals surface area contributed by atoms with Gasteiger partial charge in [0.15, 0.2) is 11.5 Å². The highest BCUT2D eigenvalue weighted by atomic mass is 15.5. The summed E-state index contributed by atoms with van der Waals surface area (Å²) in [5.41, 5.74) is 3.69. The summed E-state index contributed by atoms with van der Waals surface area (Å²) in [6.45, 7) is 1.88. The van der Waals surface area contributed by atoms with Gasteiger partial charge in [0.1, 0.15) is 5.82 Å². The van der Waals surface area contributed by atoms with Crippen LogP contribution in [0.2, 0.25) is 0 Å². The average Bonchev–Trinajstić information content (AvgIpc) is 3.07. The van der Waals surface area contributed by atoms with Gasteiger partial charge in [-0.1, -0.05) is 24.3 Å². The molecule has 1 aliphatic rings. The molecule has 2 heterocycles. The number of rotatable bonds is 2. The van der Waals surface area contributed by atoms with Crippen molar-refractivity contribution in [3.8, 4) is 0 Å². The standard InChI is InChI=1S/C16H17N5/c1-11-17-15-7-8-16(19-21(15)18-11)20(2)14-9-12-5-3-4-6-13(12)10-14/h3-8,14H,9-10H2,1-2H3. The van der Waals surface area contributed by atoms with Gasteiger partial charge in [0.25, 0.3) is 0 Å². The number of hydrogen-bond acceptors (Lipinski definition) is 4. The van der Waals surface area contributed by atoms with E-state index in [-0.39, 0.29) is 0 Å². The van der Waals surface area contributed by atoms with E-state index in [9.17, 15) is 0 Å². The highest BCUT2D eigenvalue weighted by Gasteiger charge is 2.25. The molecule has 0 aliphatic heterocycles. The van der Waals surface area contributed by atoms with Crippen molar-refractivity contribution in [1.29, 1.82) is 0 Å². The predicted molar refractivity (Wildman–Crippen MR) is 81.6 cm³/mol. The Morgan fingerprint density at radius 3 is 2.48 bits per heavy atom. The Morgan fingerprint density at radius 2 is 1.76 bits per heavy atom. The molecule has 0 amide bonds. The van der Waals surface area contributed by atoms with E-state index in [0.29, 0.717) is 6.04 Å². The van der Waals surface area contributed by atoms with Gasteiger partial charge in [0.2, 0.25) is 0 Å². The van der Waals surface area contributed by atoms with E-state index in [0.717, 1.165) is 30.1 Å². The van der Waals surface area contributed by atoms with Crippen LogP contribution in [0, 0.1) is 6.92 Å². The lowest BCUT2D eigenvalue weighted by atomic mass is 10.1. The van der Waals surface area contributed by atoms with Crippen molar-refractivity contribution >= 4 is 11.5 Å². The van der Waals surface area contributed by atoms with E-state index in [4.69, 9.17) is 0 Å². The molecule has 0 saturated heterocycles. The number of likely N-dealkylation sites (N-methyl/N-ethyl adjacent to an activating group) is 1. The molecule has 4 rings (SSSR count). The lowest BCUT2D eigenvalue weighted by molar-refractivity contribution is 0.645. The first-order valence-electron chi connectivity index (χ1n) is 7.21. The van der Waals surface area contributed by atoms with Gasteiger partial charge in [-0.15, -0.1) is 14.8 Å². The first-order chi connectivity index (χ1) is 10.2. The normalized spacial score (nSPS) is 14.6. The van der Waals surface area contributed by atoms with Gasteiger partial charge in [-0.05, 0) is 43.0 Å². The van der Waals surface area contributed by atoms with Crippen LogP contribution in [0.25, 0.3) is 5.65 Å². The van der Waals surface area contributed by atoms with Crippen molar-refractivity contribution in [2.24, 2.45) is 0 Å². The largest absolute Gasteiger partial charge is 0.355 e. The molecule has 0 atom stereocenters. The summed E-state index contributed by atoms with van der Waals surface area (Å²) in [7, 11) is 2.11. The topological polar surface area (TPSA) is 46.3 Å². The van der Waals surface area contributed by atoms with E-state index in [1.54, 1.807) is 4.63 Å². The zero-order valence-electron chi connectivity index (χ0n) is 12.2. The fourth-order valence-electron chi connectivity index (χ4n) is 3.06. The number of anilines is 1. The first-order valence-corrected chi connectivity index (χ1v) is 7.21. The quantitative estimate of drug-likeness (QED) is 0.720. The molecule has 2 aromatic heterocycles. The Morgan fingerprint density at radius 1 is 1.05 bits per heavy atom. The van der Waals surface area contributed by atoms with Crippen LogP contribution in [0.1, 0.15) is 17.0 Å². The molecule has 0 radical (unpaired) electrons. The highest BCUT2D eigenvalue weighted by Crippen LogP contribution is 2.27. The minimum Gasteiger partial charge on any atom is -0.355 e. The zero-order chi connectivity index (χ0) is 14.4. The Kier molecular flexibility index (Phi) is 2.67.